The molecular weight excluding hydrogens is 400 g/mol. The van der Waals surface area contributed by atoms with Crippen molar-refractivity contribution in [1.82, 2.24) is 25.4 Å². The number of hydrogen-bond acceptors (Lipinski definition) is 4. The van der Waals surface area contributed by atoms with E-state index in [0.29, 0.717) is 19.0 Å². The lowest BCUT2D eigenvalue weighted by Gasteiger charge is -2.15. The Balaban J connectivity index is 1.53. The molecule has 0 radical (unpaired) electrons. The van der Waals surface area contributed by atoms with Crippen LogP contribution in [0.5, 0.6) is 0 Å². The van der Waals surface area contributed by atoms with E-state index >= 15 is 0 Å². The van der Waals surface area contributed by atoms with E-state index in [1.54, 1.807) is 19.7 Å². The second kappa shape index (κ2) is 12.6. The number of aliphatic imine (C=N–C) groups is 1. The largest absolute Gasteiger partial charge is 0.381 e. The van der Waals surface area contributed by atoms with Crippen molar-refractivity contribution in [1.29, 1.82) is 0 Å². The van der Waals surface area contributed by atoms with Gasteiger partial charge in [-0.25, -0.2) is 9.67 Å². The number of rotatable bonds is 11. The molecule has 0 saturated heterocycles. The molecule has 7 heteroatoms. The summed E-state index contributed by atoms with van der Waals surface area (Å²) in [6.45, 7) is 8.13. The Morgan fingerprint density at radius 1 is 1.09 bits per heavy atom. The Hall–Kier alpha value is -3.19. The Bertz CT molecular complexity index is 951. The van der Waals surface area contributed by atoms with Crippen molar-refractivity contribution in [2.24, 2.45) is 10.9 Å². The van der Waals surface area contributed by atoms with E-state index in [4.69, 9.17) is 4.74 Å². The molecule has 0 aliphatic rings. The van der Waals surface area contributed by atoms with Crippen molar-refractivity contribution >= 4 is 5.96 Å². The predicted octanol–water partition coefficient (Wildman–Crippen LogP) is 3.72. The summed E-state index contributed by atoms with van der Waals surface area (Å²) < 4.78 is 7.46. The molecule has 0 bridgehead atoms. The second-order valence-corrected chi connectivity index (χ2v) is 8.12. The van der Waals surface area contributed by atoms with Crippen LogP contribution < -0.4 is 10.6 Å². The molecule has 1 heterocycles. The third-order valence-electron chi connectivity index (χ3n) is 4.97. The Morgan fingerprint density at radius 2 is 1.91 bits per heavy atom. The molecular formula is C25H34N6O. The molecule has 0 aliphatic heterocycles. The molecule has 0 spiro atoms. The van der Waals surface area contributed by atoms with Crippen molar-refractivity contribution in [3.05, 3.63) is 72.3 Å². The Morgan fingerprint density at radius 3 is 2.62 bits per heavy atom. The second-order valence-electron chi connectivity index (χ2n) is 8.12. The summed E-state index contributed by atoms with van der Waals surface area (Å²) in [6.07, 6.45) is 4.24. The number of aromatic nitrogens is 3. The quantitative estimate of drug-likeness (QED) is 0.273. The highest BCUT2D eigenvalue weighted by Crippen LogP contribution is 2.24. The molecule has 0 fully saturated rings. The van der Waals surface area contributed by atoms with Crippen LogP contribution >= 0.6 is 0 Å². The van der Waals surface area contributed by atoms with Gasteiger partial charge in [-0.2, -0.15) is 5.10 Å². The van der Waals surface area contributed by atoms with Gasteiger partial charge in [0.05, 0.1) is 6.54 Å². The maximum absolute atomic E-state index is 5.63. The zero-order valence-corrected chi connectivity index (χ0v) is 19.3. The van der Waals surface area contributed by atoms with E-state index in [2.05, 4.69) is 88.1 Å². The van der Waals surface area contributed by atoms with Crippen LogP contribution in [-0.4, -0.2) is 47.5 Å². The van der Waals surface area contributed by atoms with Crippen molar-refractivity contribution in [3.8, 4) is 11.1 Å². The van der Waals surface area contributed by atoms with E-state index in [1.165, 1.54) is 22.3 Å². The molecule has 2 N–H and O–H groups in total. The summed E-state index contributed by atoms with van der Waals surface area (Å²) in [5, 5.41) is 11.0. The molecule has 0 aliphatic carbocycles. The summed E-state index contributed by atoms with van der Waals surface area (Å²) in [4.78, 5) is 8.34. The number of nitrogens with zero attached hydrogens (tertiary/aromatic N) is 4. The third kappa shape index (κ3) is 7.50. The molecule has 0 atom stereocenters. The van der Waals surface area contributed by atoms with E-state index in [0.717, 1.165) is 32.1 Å². The summed E-state index contributed by atoms with van der Waals surface area (Å²) in [5.41, 5.74) is 4.82. The minimum Gasteiger partial charge on any atom is -0.381 e. The Labute approximate surface area is 190 Å². The van der Waals surface area contributed by atoms with Crippen LogP contribution in [-0.2, 0) is 17.8 Å². The highest BCUT2D eigenvalue weighted by molar-refractivity contribution is 5.80. The fourth-order valence-corrected chi connectivity index (χ4v) is 3.35. The normalized spacial score (nSPS) is 11.7. The molecule has 170 valence electrons. The van der Waals surface area contributed by atoms with Crippen LogP contribution in [0.1, 0.15) is 31.4 Å². The minimum absolute atomic E-state index is 0.572. The van der Waals surface area contributed by atoms with Crippen molar-refractivity contribution in [2.75, 3.05) is 26.8 Å². The van der Waals surface area contributed by atoms with E-state index in [9.17, 15) is 0 Å². The van der Waals surface area contributed by atoms with Gasteiger partial charge in [-0.3, -0.25) is 4.99 Å². The molecule has 1 aromatic heterocycles. The van der Waals surface area contributed by atoms with Gasteiger partial charge in [0.2, 0.25) is 0 Å². The van der Waals surface area contributed by atoms with Gasteiger partial charge in [0.25, 0.3) is 0 Å². The van der Waals surface area contributed by atoms with Gasteiger partial charge in [0.15, 0.2) is 5.96 Å². The zero-order chi connectivity index (χ0) is 22.6. The van der Waals surface area contributed by atoms with Crippen LogP contribution in [0.2, 0.25) is 0 Å². The van der Waals surface area contributed by atoms with E-state index in [1.807, 2.05) is 4.68 Å². The number of nitrogens with one attached hydrogen (secondary N) is 2. The lowest BCUT2D eigenvalue weighted by molar-refractivity contribution is 0.108. The maximum Gasteiger partial charge on any atom is 0.191 e. The fraction of sp³-hybridized carbons (Fsp3) is 0.400. The highest BCUT2D eigenvalue weighted by Gasteiger charge is 2.06. The monoisotopic (exact) mass is 434 g/mol. The number of guanidine groups is 1. The minimum atomic E-state index is 0.572. The van der Waals surface area contributed by atoms with Crippen LogP contribution in [0.15, 0.2) is 66.2 Å². The lowest BCUT2D eigenvalue weighted by Crippen LogP contribution is -2.37. The first-order chi connectivity index (χ1) is 15.7. The lowest BCUT2D eigenvalue weighted by atomic mass is 9.98. The van der Waals surface area contributed by atoms with Crippen LogP contribution in [0.3, 0.4) is 0 Å². The molecule has 32 heavy (non-hydrogen) atoms. The molecule has 0 unspecified atom stereocenters. The van der Waals surface area contributed by atoms with Gasteiger partial charge in [-0.1, -0.05) is 62.4 Å². The van der Waals surface area contributed by atoms with Crippen molar-refractivity contribution < 1.29 is 4.74 Å². The number of ether oxygens (including phenoxy) is 1. The van der Waals surface area contributed by atoms with Gasteiger partial charge < -0.3 is 15.4 Å². The van der Waals surface area contributed by atoms with Gasteiger partial charge in [-0.05, 0) is 34.6 Å². The van der Waals surface area contributed by atoms with Gasteiger partial charge in [0.1, 0.15) is 12.7 Å². The number of benzene rings is 2. The molecule has 2 aromatic carbocycles. The van der Waals surface area contributed by atoms with E-state index in [-0.39, 0.29) is 0 Å². The maximum atomic E-state index is 5.63. The number of hydrogen-bond donors (Lipinski definition) is 2. The molecule has 7 nitrogen and oxygen atoms in total. The average Bonchev–Trinajstić information content (AvgIpc) is 3.32. The standard InChI is InChI=1S/C25H34N6O/c1-20(2)17-32-14-6-13-28-25(26-3)29-15-23-7-4-5-8-24(23)22-11-9-21(10-12-22)16-31-19-27-18-30-31/h4-5,7-12,18-20H,6,13-17H2,1-3H3,(H2,26,28,29). The van der Waals surface area contributed by atoms with Gasteiger partial charge >= 0.3 is 0 Å². The SMILES string of the molecule is CN=C(NCCCOCC(C)C)NCc1ccccc1-c1ccc(Cn2cncn2)cc1. The predicted molar refractivity (Wildman–Crippen MR) is 129 cm³/mol. The zero-order valence-electron chi connectivity index (χ0n) is 19.3. The van der Waals surface area contributed by atoms with Crippen LogP contribution in [0, 0.1) is 5.92 Å². The van der Waals surface area contributed by atoms with Gasteiger partial charge in [-0.15, -0.1) is 0 Å². The third-order valence-corrected chi connectivity index (χ3v) is 4.97. The first kappa shape index (κ1) is 23.5. The summed E-state index contributed by atoms with van der Waals surface area (Å²) >= 11 is 0. The topological polar surface area (TPSA) is 76.4 Å². The highest BCUT2D eigenvalue weighted by atomic mass is 16.5. The Kier molecular flexibility index (Phi) is 9.25. The first-order valence-corrected chi connectivity index (χ1v) is 11.2. The first-order valence-electron chi connectivity index (χ1n) is 11.2. The van der Waals surface area contributed by atoms with Gasteiger partial charge in [0, 0.05) is 33.4 Å². The van der Waals surface area contributed by atoms with Crippen molar-refractivity contribution in [2.45, 2.75) is 33.4 Å². The van der Waals surface area contributed by atoms with Crippen molar-refractivity contribution in [3.63, 3.8) is 0 Å². The van der Waals surface area contributed by atoms with E-state index < -0.39 is 0 Å². The summed E-state index contributed by atoms with van der Waals surface area (Å²) in [7, 11) is 1.80. The smallest absolute Gasteiger partial charge is 0.191 e. The molecule has 3 aromatic rings. The summed E-state index contributed by atoms with van der Waals surface area (Å²) in [6, 6.07) is 17.1. The molecule has 3 rings (SSSR count). The fourth-order valence-electron chi connectivity index (χ4n) is 3.35. The summed E-state index contributed by atoms with van der Waals surface area (Å²) in [5.74, 6) is 1.37. The molecule has 0 saturated carbocycles. The van der Waals surface area contributed by atoms with Crippen LogP contribution in [0.25, 0.3) is 11.1 Å². The average molecular weight is 435 g/mol. The van der Waals surface area contributed by atoms with Crippen LogP contribution in [0.4, 0.5) is 0 Å². The molecule has 0 amide bonds.